The van der Waals surface area contributed by atoms with Crippen molar-refractivity contribution in [1.82, 2.24) is 49.6 Å². The molecule has 4 saturated carbocycles. The van der Waals surface area contributed by atoms with E-state index < -0.39 is 0 Å². The topological polar surface area (TPSA) is 104 Å². The van der Waals surface area contributed by atoms with Crippen LogP contribution in [0, 0.1) is 18.8 Å². The van der Waals surface area contributed by atoms with E-state index in [-0.39, 0.29) is 11.0 Å². The molecule has 0 aromatic carbocycles. The van der Waals surface area contributed by atoms with Crippen LogP contribution in [-0.4, -0.2) is 49.6 Å². The molecule has 4 aromatic rings. The van der Waals surface area contributed by atoms with Crippen molar-refractivity contribution in [3.63, 3.8) is 0 Å². The van der Waals surface area contributed by atoms with E-state index in [2.05, 4.69) is 25.5 Å². The van der Waals surface area contributed by atoms with E-state index in [0.29, 0.717) is 11.8 Å². The molecule has 10 nitrogen and oxygen atoms in total. The summed E-state index contributed by atoms with van der Waals surface area (Å²) in [5.74, 6) is 3.04. The number of aromatic nitrogens is 10. The molecule has 10 heteroatoms. The van der Waals surface area contributed by atoms with Gasteiger partial charge >= 0.3 is 0 Å². The maximum Gasteiger partial charge on any atom is 0.171 e. The monoisotopic (exact) mass is 390 g/mol. The van der Waals surface area contributed by atoms with Crippen molar-refractivity contribution in [2.75, 3.05) is 0 Å². The van der Waals surface area contributed by atoms with E-state index in [1.54, 1.807) is 11.0 Å². The SMILES string of the molecule is Cc1nnn(C23CC4CC(CC(c5nc6c7cnn(C)c7ncn6n5)(C4)C2)C3)n1. The van der Waals surface area contributed by atoms with Crippen LogP contribution in [0.25, 0.3) is 16.7 Å². The smallest absolute Gasteiger partial charge is 0.171 e. The molecule has 4 aromatic heterocycles. The lowest BCUT2D eigenvalue weighted by molar-refractivity contribution is -0.0785. The summed E-state index contributed by atoms with van der Waals surface area (Å²) in [4.78, 5) is 11.5. The fourth-order valence-electron chi connectivity index (χ4n) is 6.86. The number of aryl methyl sites for hydroxylation is 2. The second-order valence-corrected chi connectivity index (χ2v) is 9.55. The molecule has 4 aliphatic rings. The average Bonchev–Trinajstić information content (AvgIpc) is 3.39. The van der Waals surface area contributed by atoms with Crippen LogP contribution in [0.5, 0.6) is 0 Å². The van der Waals surface area contributed by atoms with E-state index >= 15 is 0 Å². The quantitative estimate of drug-likeness (QED) is 0.511. The molecule has 0 saturated heterocycles. The van der Waals surface area contributed by atoms with Crippen LogP contribution < -0.4 is 0 Å². The molecule has 0 amide bonds. The van der Waals surface area contributed by atoms with Gasteiger partial charge in [0.05, 0.1) is 17.1 Å². The summed E-state index contributed by atoms with van der Waals surface area (Å²) in [5.41, 5.74) is 1.61. The Kier molecular flexibility index (Phi) is 2.74. The molecule has 2 unspecified atom stereocenters. The minimum atomic E-state index is -0.0509. The molecular formula is C19H22N10. The van der Waals surface area contributed by atoms with Crippen LogP contribution in [0.15, 0.2) is 12.5 Å². The lowest BCUT2D eigenvalue weighted by Gasteiger charge is -2.60. The predicted octanol–water partition coefficient (Wildman–Crippen LogP) is 1.55. The van der Waals surface area contributed by atoms with Gasteiger partial charge in [-0.1, -0.05) is 0 Å². The Morgan fingerprint density at radius 3 is 2.66 bits per heavy atom. The first-order valence-corrected chi connectivity index (χ1v) is 10.3. The summed E-state index contributed by atoms with van der Waals surface area (Å²) in [6, 6.07) is 0. The van der Waals surface area contributed by atoms with Gasteiger partial charge in [0, 0.05) is 12.5 Å². The van der Waals surface area contributed by atoms with Crippen LogP contribution in [-0.2, 0) is 18.0 Å². The zero-order valence-electron chi connectivity index (χ0n) is 16.5. The predicted molar refractivity (Wildman–Crippen MR) is 102 cm³/mol. The van der Waals surface area contributed by atoms with Gasteiger partial charge in [-0.05, 0) is 62.5 Å². The van der Waals surface area contributed by atoms with E-state index in [9.17, 15) is 0 Å². The first-order valence-electron chi connectivity index (χ1n) is 10.3. The Morgan fingerprint density at radius 2 is 1.90 bits per heavy atom. The second kappa shape index (κ2) is 4.98. The zero-order valence-corrected chi connectivity index (χ0v) is 16.5. The van der Waals surface area contributed by atoms with Crippen LogP contribution in [0.4, 0.5) is 0 Å². The fraction of sp³-hybridized carbons (Fsp3) is 0.632. The summed E-state index contributed by atoms with van der Waals surface area (Å²) in [7, 11) is 1.90. The fourth-order valence-corrected chi connectivity index (χ4v) is 6.86. The third-order valence-electron chi connectivity index (χ3n) is 7.51. The van der Waals surface area contributed by atoms with Crippen LogP contribution in [0.1, 0.15) is 50.2 Å². The lowest BCUT2D eigenvalue weighted by Crippen LogP contribution is -2.59. The minimum Gasteiger partial charge on any atom is -0.250 e. The lowest BCUT2D eigenvalue weighted by atomic mass is 9.46. The Bertz CT molecular complexity index is 1260. The maximum atomic E-state index is 5.07. The van der Waals surface area contributed by atoms with Crippen LogP contribution >= 0.6 is 0 Å². The molecule has 4 aliphatic carbocycles. The second-order valence-electron chi connectivity index (χ2n) is 9.55. The highest BCUT2D eigenvalue weighted by molar-refractivity contribution is 5.88. The highest BCUT2D eigenvalue weighted by Gasteiger charge is 2.61. The highest BCUT2D eigenvalue weighted by atomic mass is 15.6. The summed E-state index contributed by atoms with van der Waals surface area (Å²) in [6.07, 6.45) is 10.5. The number of hydrogen-bond donors (Lipinski definition) is 0. The maximum absolute atomic E-state index is 5.07. The van der Waals surface area contributed by atoms with Gasteiger partial charge in [-0.3, -0.25) is 4.68 Å². The van der Waals surface area contributed by atoms with E-state index in [1.165, 1.54) is 6.42 Å². The van der Waals surface area contributed by atoms with Crippen molar-refractivity contribution >= 4 is 16.7 Å². The van der Waals surface area contributed by atoms with Crippen molar-refractivity contribution in [2.24, 2.45) is 18.9 Å². The van der Waals surface area contributed by atoms with Crippen molar-refractivity contribution in [3.8, 4) is 0 Å². The Morgan fingerprint density at radius 1 is 1.07 bits per heavy atom. The van der Waals surface area contributed by atoms with E-state index in [0.717, 1.165) is 60.4 Å². The Hall–Kier alpha value is -2.91. The number of tetrazole rings is 1. The standard InChI is InChI=1S/C19H22N10/c1-11-23-26-29(24-11)19-6-12-3-13(7-19)5-18(4-12,9-19)17-22-16-14-8-21-27(2)15(14)20-10-28(16)25-17/h8,10,12-13H,3-7,9H2,1-2H3. The molecule has 4 bridgehead atoms. The molecular weight excluding hydrogens is 368 g/mol. The normalized spacial score (nSPS) is 33.3. The third kappa shape index (κ3) is 1.99. The summed E-state index contributed by atoms with van der Waals surface area (Å²) < 4.78 is 3.60. The molecule has 0 aliphatic heterocycles. The molecule has 148 valence electrons. The molecule has 29 heavy (non-hydrogen) atoms. The zero-order chi connectivity index (χ0) is 19.4. The van der Waals surface area contributed by atoms with Gasteiger partial charge in [0.25, 0.3) is 0 Å². The average molecular weight is 390 g/mol. The first kappa shape index (κ1) is 15.9. The Balaban J connectivity index is 1.40. The van der Waals surface area contributed by atoms with Crippen molar-refractivity contribution in [3.05, 3.63) is 24.2 Å². The molecule has 4 fully saturated rings. The van der Waals surface area contributed by atoms with Gasteiger partial charge in [0.1, 0.15) is 6.33 Å². The number of nitrogens with zero attached hydrogens (tertiary/aromatic N) is 10. The molecule has 2 atom stereocenters. The van der Waals surface area contributed by atoms with Gasteiger partial charge in [-0.15, -0.1) is 15.3 Å². The first-order chi connectivity index (χ1) is 14.0. The summed E-state index contributed by atoms with van der Waals surface area (Å²) >= 11 is 0. The molecule has 0 radical (unpaired) electrons. The Labute approximate surface area is 166 Å². The van der Waals surface area contributed by atoms with Crippen molar-refractivity contribution in [2.45, 2.75) is 56.4 Å². The van der Waals surface area contributed by atoms with E-state index in [4.69, 9.17) is 10.1 Å². The van der Waals surface area contributed by atoms with Crippen LogP contribution in [0.3, 0.4) is 0 Å². The highest BCUT2D eigenvalue weighted by Crippen LogP contribution is 2.64. The third-order valence-corrected chi connectivity index (χ3v) is 7.51. The van der Waals surface area contributed by atoms with Gasteiger partial charge in [-0.25, -0.2) is 14.5 Å². The number of fused-ring (bicyclic) bond motifs is 3. The van der Waals surface area contributed by atoms with Gasteiger partial charge in [0.2, 0.25) is 0 Å². The molecule has 8 rings (SSSR count). The van der Waals surface area contributed by atoms with Crippen LogP contribution in [0.2, 0.25) is 0 Å². The van der Waals surface area contributed by atoms with E-state index in [1.807, 2.05) is 29.5 Å². The largest absolute Gasteiger partial charge is 0.250 e. The molecule has 4 heterocycles. The number of rotatable bonds is 2. The van der Waals surface area contributed by atoms with Gasteiger partial charge < -0.3 is 0 Å². The number of hydrogen-bond acceptors (Lipinski definition) is 7. The van der Waals surface area contributed by atoms with Gasteiger partial charge in [0.15, 0.2) is 22.9 Å². The summed E-state index contributed by atoms with van der Waals surface area (Å²) in [6.45, 7) is 1.91. The van der Waals surface area contributed by atoms with Crippen molar-refractivity contribution < 1.29 is 0 Å². The summed E-state index contributed by atoms with van der Waals surface area (Å²) in [5, 5.41) is 23.5. The minimum absolute atomic E-state index is 0.0217. The van der Waals surface area contributed by atoms with Gasteiger partial charge in [-0.2, -0.15) is 9.90 Å². The van der Waals surface area contributed by atoms with Crippen molar-refractivity contribution in [1.29, 1.82) is 0 Å². The molecule has 0 spiro atoms. The molecule has 0 N–H and O–H groups in total.